The molecule has 0 radical (unpaired) electrons. The van der Waals surface area contributed by atoms with E-state index in [1.807, 2.05) is 18.7 Å². The lowest BCUT2D eigenvalue weighted by Gasteiger charge is -2.48. The summed E-state index contributed by atoms with van der Waals surface area (Å²) in [4.78, 5) is 55.7. The lowest BCUT2D eigenvalue weighted by atomic mass is 9.97. The summed E-state index contributed by atoms with van der Waals surface area (Å²) >= 11 is 0. The van der Waals surface area contributed by atoms with E-state index in [1.165, 1.54) is 18.6 Å². The molecule has 0 aliphatic carbocycles. The minimum absolute atomic E-state index is 0.0131. The molecule has 1 fully saturated rings. The van der Waals surface area contributed by atoms with Crippen LogP contribution in [0.3, 0.4) is 0 Å². The first-order valence-electron chi connectivity index (χ1n) is 12.0. The normalized spacial score (nSPS) is 16.0. The largest absolute Gasteiger partial charge is 0.434 e. The number of ether oxygens (including phenoxy) is 1. The predicted molar refractivity (Wildman–Crippen MR) is 134 cm³/mol. The first kappa shape index (κ1) is 27.7. The summed E-state index contributed by atoms with van der Waals surface area (Å²) in [5.41, 5.74) is -1.38. The van der Waals surface area contributed by atoms with Crippen molar-refractivity contribution >= 4 is 17.6 Å². The second kappa shape index (κ2) is 11.2. The molecule has 2 amide bonds. The maximum atomic E-state index is 13.8. The molecular weight excluding hydrogens is 516 g/mol. The van der Waals surface area contributed by atoms with Crippen LogP contribution in [0.5, 0.6) is 11.6 Å². The zero-order valence-corrected chi connectivity index (χ0v) is 21.4. The van der Waals surface area contributed by atoms with Crippen molar-refractivity contribution in [3.05, 3.63) is 70.2 Å². The Kier molecular flexibility index (Phi) is 7.97. The van der Waals surface area contributed by atoms with Gasteiger partial charge in [-0.05, 0) is 32.9 Å². The van der Waals surface area contributed by atoms with Gasteiger partial charge in [-0.15, -0.1) is 0 Å². The maximum absolute atomic E-state index is 13.8. The van der Waals surface area contributed by atoms with Gasteiger partial charge < -0.3 is 25.0 Å². The Balaban J connectivity index is 1.36. The summed E-state index contributed by atoms with van der Waals surface area (Å²) in [6.45, 7) is 5.90. The SMILES string of the molecule is C[C@@H](C(=O)Nc1cnc(Oc2ccc(F)cc2F)cn1)N1CCN(C(=O)c2c[nH]c(=O)c(CO)n2)C(C)(C)C1. The average Bonchev–Trinajstić information content (AvgIpc) is 2.90. The van der Waals surface area contributed by atoms with Crippen molar-refractivity contribution in [3.8, 4) is 11.6 Å². The number of aliphatic hydroxyl groups excluding tert-OH is 1. The molecule has 1 saturated heterocycles. The van der Waals surface area contributed by atoms with E-state index in [9.17, 15) is 28.3 Å². The van der Waals surface area contributed by atoms with Crippen LogP contribution in [0, 0.1) is 11.6 Å². The third-order valence-corrected chi connectivity index (χ3v) is 6.32. The highest BCUT2D eigenvalue weighted by Gasteiger charge is 2.40. The molecule has 1 aliphatic rings. The summed E-state index contributed by atoms with van der Waals surface area (Å²) in [6, 6.07) is 2.28. The number of nitrogens with one attached hydrogen (secondary N) is 2. The molecule has 14 heteroatoms. The van der Waals surface area contributed by atoms with Gasteiger partial charge >= 0.3 is 0 Å². The molecule has 1 atom stereocenters. The van der Waals surface area contributed by atoms with E-state index in [1.54, 1.807) is 11.8 Å². The van der Waals surface area contributed by atoms with Crippen molar-refractivity contribution in [3.63, 3.8) is 0 Å². The lowest BCUT2D eigenvalue weighted by molar-refractivity contribution is -0.122. The van der Waals surface area contributed by atoms with Crippen molar-refractivity contribution in [2.75, 3.05) is 25.0 Å². The monoisotopic (exact) mass is 543 g/mol. The van der Waals surface area contributed by atoms with Gasteiger partial charge in [0.05, 0.1) is 30.6 Å². The second-order valence-electron chi connectivity index (χ2n) is 9.54. The smallest absolute Gasteiger partial charge is 0.274 e. The summed E-state index contributed by atoms with van der Waals surface area (Å²) in [5.74, 6) is -2.50. The zero-order chi connectivity index (χ0) is 28.3. The topological polar surface area (TPSA) is 154 Å². The van der Waals surface area contributed by atoms with E-state index in [4.69, 9.17) is 4.74 Å². The van der Waals surface area contributed by atoms with Crippen LogP contribution in [0.25, 0.3) is 0 Å². The minimum atomic E-state index is -0.891. The third-order valence-electron chi connectivity index (χ3n) is 6.32. The molecule has 3 heterocycles. The van der Waals surface area contributed by atoms with Crippen molar-refractivity contribution < 1.29 is 28.2 Å². The average molecular weight is 544 g/mol. The number of aromatic nitrogens is 4. The fourth-order valence-corrected chi connectivity index (χ4v) is 4.20. The molecule has 3 aromatic rings. The Labute approximate surface area is 221 Å². The molecule has 2 aromatic heterocycles. The maximum Gasteiger partial charge on any atom is 0.274 e. The van der Waals surface area contributed by atoms with E-state index in [0.717, 1.165) is 12.1 Å². The van der Waals surface area contributed by atoms with Crippen molar-refractivity contribution in [1.82, 2.24) is 29.7 Å². The number of hydrogen-bond donors (Lipinski definition) is 3. The fourth-order valence-electron chi connectivity index (χ4n) is 4.20. The Morgan fingerprint density at radius 2 is 2.00 bits per heavy atom. The molecule has 206 valence electrons. The van der Waals surface area contributed by atoms with Gasteiger partial charge in [0, 0.05) is 31.9 Å². The number of aliphatic hydroxyl groups is 1. The number of H-pyrrole nitrogens is 1. The van der Waals surface area contributed by atoms with E-state index in [-0.39, 0.29) is 34.7 Å². The number of aromatic amines is 1. The van der Waals surface area contributed by atoms with Crippen LogP contribution in [0.4, 0.5) is 14.6 Å². The Bertz CT molecular complexity index is 1430. The molecule has 12 nitrogen and oxygen atoms in total. The number of anilines is 1. The molecule has 1 aliphatic heterocycles. The molecule has 0 spiro atoms. The molecule has 0 unspecified atom stereocenters. The lowest BCUT2D eigenvalue weighted by Crippen LogP contribution is -2.63. The van der Waals surface area contributed by atoms with Gasteiger partial charge in [-0.25, -0.2) is 23.7 Å². The first-order valence-corrected chi connectivity index (χ1v) is 12.0. The number of halogens is 2. The highest BCUT2D eigenvalue weighted by Crippen LogP contribution is 2.25. The van der Waals surface area contributed by atoms with Crippen LogP contribution in [0.15, 0.2) is 41.6 Å². The summed E-state index contributed by atoms with van der Waals surface area (Å²) in [7, 11) is 0. The minimum Gasteiger partial charge on any atom is -0.434 e. The molecule has 0 bridgehead atoms. The van der Waals surface area contributed by atoms with E-state index in [2.05, 4.69) is 25.3 Å². The molecule has 1 aromatic carbocycles. The number of nitrogens with zero attached hydrogens (tertiary/aromatic N) is 5. The van der Waals surface area contributed by atoms with Crippen LogP contribution in [-0.4, -0.2) is 77.9 Å². The van der Waals surface area contributed by atoms with Crippen molar-refractivity contribution in [1.29, 1.82) is 0 Å². The Morgan fingerprint density at radius 1 is 1.23 bits per heavy atom. The van der Waals surface area contributed by atoms with Gasteiger partial charge in [0.2, 0.25) is 11.8 Å². The molecule has 4 rings (SSSR count). The number of benzene rings is 1. The van der Waals surface area contributed by atoms with Crippen LogP contribution < -0.4 is 15.6 Å². The van der Waals surface area contributed by atoms with Crippen molar-refractivity contribution in [2.24, 2.45) is 0 Å². The first-order chi connectivity index (χ1) is 18.5. The molecule has 39 heavy (non-hydrogen) atoms. The predicted octanol–water partition coefficient (Wildman–Crippen LogP) is 1.69. The Hall–Kier alpha value is -4.30. The zero-order valence-electron chi connectivity index (χ0n) is 21.4. The molecule has 3 N–H and O–H groups in total. The van der Waals surface area contributed by atoms with Crippen molar-refractivity contribution in [2.45, 2.75) is 39.0 Å². The summed E-state index contributed by atoms with van der Waals surface area (Å²) in [6.07, 6.45) is 3.67. The van der Waals surface area contributed by atoms with Gasteiger partial charge in [-0.1, -0.05) is 0 Å². The highest BCUT2D eigenvalue weighted by molar-refractivity contribution is 5.94. The third kappa shape index (κ3) is 6.23. The number of carbonyl (C=O) groups is 2. The standard InChI is InChI=1S/C25H27F2N7O5/c1-14(22(36)32-20-10-29-21(11-28-20)39-19-5-4-15(26)8-16(19)27)33-6-7-34(25(2,3)13-33)24(38)17-9-30-23(37)18(12-35)31-17/h4-5,8-11,14,35H,6-7,12-13H2,1-3H3,(H,30,37)(H,28,32,36)/t14-/m0/s1. The molecular formula is C25H27F2N7O5. The number of piperazine rings is 1. The summed E-state index contributed by atoms with van der Waals surface area (Å²) < 4.78 is 32.1. The van der Waals surface area contributed by atoms with Gasteiger partial charge in [0.15, 0.2) is 17.4 Å². The van der Waals surface area contributed by atoms with Crippen LogP contribution >= 0.6 is 0 Å². The second-order valence-corrected chi connectivity index (χ2v) is 9.54. The molecule has 0 saturated carbocycles. The van der Waals surface area contributed by atoms with E-state index in [0.29, 0.717) is 25.7 Å². The van der Waals surface area contributed by atoms with Gasteiger partial charge in [-0.3, -0.25) is 19.3 Å². The van der Waals surface area contributed by atoms with Crippen LogP contribution in [0.2, 0.25) is 0 Å². The fraction of sp³-hybridized carbons (Fsp3) is 0.360. The number of hydrogen-bond acceptors (Lipinski definition) is 9. The van der Waals surface area contributed by atoms with Gasteiger partial charge in [-0.2, -0.15) is 0 Å². The van der Waals surface area contributed by atoms with Gasteiger partial charge in [0.25, 0.3) is 11.5 Å². The van der Waals surface area contributed by atoms with E-state index < -0.39 is 41.3 Å². The van der Waals surface area contributed by atoms with Crippen LogP contribution in [0.1, 0.15) is 37.0 Å². The quantitative estimate of drug-likeness (QED) is 0.404. The van der Waals surface area contributed by atoms with E-state index >= 15 is 0 Å². The van der Waals surface area contributed by atoms with Crippen LogP contribution in [-0.2, 0) is 11.4 Å². The summed E-state index contributed by atoms with van der Waals surface area (Å²) in [5, 5.41) is 12.0. The number of amides is 2. The highest BCUT2D eigenvalue weighted by atomic mass is 19.1. The number of carbonyl (C=O) groups excluding carboxylic acids is 2. The Morgan fingerprint density at radius 3 is 2.64 bits per heavy atom. The number of rotatable bonds is 7. The van der Waals surface area contributed by atoms with Gasteiger partial charge in [0.1, 0.15) is 17.2 Å².